The van der Waals surface area contributed by atoms with Crippen LogP contribution in [0.15, 0.2) is 0 Å². The van der Waals surface area contributed by atoms with Gasteiger partial charge in [0.05, 0.1) is 13.3 Å². The van der Waals surface area contributed by atoms with Crippen LogP contribution in [0.2, 0.25) is 18.1 Å². The van der Waals surface area contributed by atoms with Gasteiger partial charge in [-0.1, -0.05) is 58.2 Å². The Morgan fingerprint density at radius 2 is 1.36 bits per heavy atom. The maximum Gasteiger partial charge on any atom is 0.0903 e. The van der Waals surface area contributed by atoms with Gasteiger partial charge in [0.2, 0.25) is 0 Å². The Balaban J connectivity index is 2.83. The van der Waals surface area contributed by atoms with Gasteiger partial charge in [-0.15, -0.1) is 0 Å². The summed E-state index contributed by atoms with van der Waals surface area (Å²) in [7, 11) is -1.39. The van der Waals surface area contributed by atoms with Crippen LogP contribution in [-0.2, 0) is 0 Å². The van der Waals surface area contributed by atoms with Crippen molar-refractivity contribution in [2.45, 2.75) is 76.2 Å². The van der Waals surface area contributed by atoms with Crippen molar-refractivity contribution in [2.75, 3.05) is 0 Å². The maximum atomic E-state index is 10.8. The summed E-state index contributed by atoms with van der Waals surface area (Å²) in [5.41, 5.74) is 0. The Kier molecular flexibility index (Phi) is 4.20. The lowest BCUT2D eigenvalue weighted by molar-refractivity contribution is 0.0710. The largest absolute Gasteiger partial charge is 0.393 e. The second-order valence-corrected chi connectivity index (χ2v) is 10.5. The van der Waals surface area contributed by atoms with E-state index in [2.05, 4.69) is 20.8 Å². The Labute approximate surface area is 89.9 Å². The number of rotatable bonds is 4. The molecule has 1 aliphatic rings. The molecule has 0 heterocycles. The van der Waals surface area contributed by atoms with Crippen molar-refractivity contribution in [3.8, 4) is 0 Å². The molecule has 84 valence electrons. The highest BCUT2D eigenvalue weighted by molar-refractivity contribution is 6.82. The molecule has 1 nitrogen and oxygen atoms in total. The van der Waals surface area contributed by atoms with Crippen molar-refractivity contribution >= 4 is 8.07 Å². The van der Waals surface area contributed by atoms with Gasteiger partial charge in [0.15, 0.2) is 0 Å². The highest BCUT2D eigenvalue weighted by Crippen LogP contribution is 2.41. The van der Waals surface area contributed by atoms with Crippen molar-refractivity contribution < 1.29 is 5.11 Å². The Morgan fingerprint density at radius 3 is 1.71 bits per heavy atom. The summed E-state index contributed by atoms with van der Waals surface area (Å²) >= 11 is 0. The van der Waals surface area contributed by atoms with Crippen LogP contribution in [0.4, 0.5) is 0 Å². The van der Waals surface area contributed by atoms with E-state index in [1.807, 2.05) is 0 Å². The molecule has 0 aliphatic heterocycles. The monoisotopic (exact) mass is 214 g/mol. The molecule has 1 N–H and O–H groups in total. The first kappa shape index (κ1) is 12.2. The summed E-state index contributed by atoms with van der Waals surface area (Å²) in [6.07, 6.45) is 6.03. The predicted molar refractivity (Wildman–Crippen MR) is 65.2 cm³/mol. The summed E-state index contributed by atoms with van der Waals surface area (Å²) in [5.74, 6) is 0. The second-order valence-electron chi connectivity index (χ2n) is 4.93. The summed E-state index contributed by atoms with van der Waals surface area (Å²) in [5, 5.41) is 10.6. The van der Waals surface area contributed by atoms with E-state index in [-0.39, 0.29) is 5.22 Å². The zero-order valence-corrected chi connectivity index (χ0v) is 11.1. The zero-order chi connectivity index (χ0) is 10.7. The minimum atomic E-state index is -1.39. The lowest BCUT2D eigenvalue weighted by atomic mass is 9.97. The lowest BCUT2D eigenvalue weighted by Crippen LogP contribution is -2.58. The van der Waals surface area contributed by atoms with E-state index in [9.17, 15) is 5.11 Å². The fraction of sp³-hybridized carbons (Fsp3) is 1.00. The standard InChI is InChI=1S/C12H26OSi/c1-4-14(5-2,6-3)12(13)10-8-7-9-11-12/h13H,4-11H2,1-3H3. The average molecular weight is 214 g/mol. The first-order valence-corrected chi connectivity index (χ1v) is 8.98. The maximum absolute atomic E-state index is 10.8. The molecule has 0 aromatic heterocycles. The molecule has 2 heteroatoms. The fourth-order valence-corrected chi connectivity index (χ4v) is 8.29. The normalized spacial score (nSPS) is 22.3. The van der Waals surface area contributed by atoms with Crippen LogP contribution in [0.1, 0.15) is 52.9 Å². The summed E-state index contributed by atoms with van der Waals surface area (Å²) in [6.45, 7) is 6.89. The van der Waals surface area contributed by atoms with Gasteiger partial charge in [0.25, 0.3) is 0 Å². The molecule has 0 aromatic carbocycles. The van der Waals surface area contributed by atoms with Crippen molar-refractivity contribution in [2.24, 2.45) is 0 Å². The molecule has 0 aromatic rings. The number of aliphatic hydroxyl groups is 1. The smallest absolute Gasteiger partial charge is 0.0903 e. The third kappa shape index (κ3) is 1.92. The summed E-state index contributed by atoms with van der Waals surface area (Å²) < 4.78 is 0. The molecule has 1 aliphatic carbocycles. The van der Waals surface area contributed by atoms with E-state index in [1.54, 1.807) is 0 Å². The van der Waals surface area contributed by atoms with Crippen molar-refractivity contribution in [1.29, 1.82) is 0 Å². The second kappa shape index (κ2) is 4.80. The predicted octanol–water partition coefficient (Wildman–Crippen LogP) is 3.73. The minimum absolute atomic E-state index is 0.219. The van der Waals surface area contributed by atoms with Gasteiger partial charge in [0.1, 0.15) is 0 Å². The zero-order valence-electron chi connectivity index (χ0n) is 10.1. The van der Waals surface area contributed by atoms with E-state index in [0.717, 1.165) is 12.8 Å². The lowest BCUT2D eigenvalue weighted by Gasteiger charge is -2.47. The van der Waals surface area contributed by atoms with Crippen LogP contribution < -0.4 is 0 Å². The van der Waals surface area contributed by atoms with Gasteiger partial charge in [-0.3, -0.25) is 0 Å². The fourth-order valence-electron chi connectivity index (χ4n) is 3.40. The SMILES string of the molecule is CC[Si](CC)(CC)C1(O)CCCCC1. The van der Waals surface area contributed by atoms with Crippen LogP contribution in [0, 0.1) is 0 Å². The van der Waals surface area contributed by atoms with Gasteiger partial charge in [-0.05, 0) is 12.8 Å². The van der Waals surface area contributed by atoms with E-state index in [4.69, 9.17) is 0 Å². The quantitative estimate of drug-likeness (QED) is 0.707. The van der Waals surface area contributed by atoms with Crippen LogP contribution in [0.5, 0.6) is 0 Å². The summed E-state index contributed by atoms with van der Waals surface area (Å²) in [4.78, 5) is 0. The highest BCUT2D eigenvalue weighted by atomic mass is 28.3. The van der Waals surface area contributed by atoms with Crippen LogP contribution in [-0.4, -0.2) is 18.4 Å². The van der Waals surface area contributed by atoms with Gasteiger partial charge in [-0.25, -0.2) is 0 Å². The molecule has 14 heavy (non-hydrogen) atoms. The Hall–Kier alpha value is 0.177. The van der Waals surface area contributed by atoms with E-state index >= 15 is 0 Å². The van der Waals surface area contributed by atoms with Crippen molar-refractivity contribution in [1.82, 2.24) is 0 Å². The molecule has 0 amide bonds. The van der Waals surface area contributed by atoms with Crippen molar-refractivity contribution in [3.63, 3.8) is 0 Å². The van der Waals surface area contributed by atoms with Crippen LogP contribution in [0.25, 0.3) is 0 Å². The molecule has 0 radical (unpaired) electrons. The van der Waals surface area contributed by atoms with Crippen LogP contribution in [0.3, 0.4) is 0 Å². The average Bonchev–Trinajstić information content (AvgIpc) is 2.22. The van der Waals surface area contributed by atoms with E-state index in [1.165, 1.54) is 37.4 Å². The van der Waals surface area contributed by atoms with E-state index < -0.39 is 8.07 Å². The topological polar surface area (TPSA) is 20.2 Å². The van der Waals surface area contributed by atoms with Gasteiger partial charge in [-0.2, -0.15) is 0 Å². The Morgan fingerprint density at radius 1 is 0.929 bits per heavy atom. The molecule has 1 fully saturated rings. The van der Waals surface area contributed by atoms with E-state index in [0.29, 0.717) is 0 Å². The highest BCUT2D eigenvalue weighted by Gasteiger charge is 2.48. The van der Waals surface area contributed by atoms with Crippen molar-refractivity contribution in [3.05, 3.63) is 0 Å². The molecule has 0 bridgehead atoms. The van der Waals surface area contributed by atoms with Gasteiger partial charge < -0.3 is 5.11 Å². The summed E-state index contributed by atoms with van der Waals surface area (Å²) in [6, 6.07) is 3.78. The molecular formula is C12H26OSi. The molecule has 0 atom stereocenters. The Bertz CT molecular complexity index is 161. The molecule has 1 rings (SSSR count). The number of hydrogen-bond acceptors (Lipinski definition) is 1. The third-order valence-electron chi connectivity index (χ3n) is 4.70. The minimum Gasteiger partial charge on any atom is -0.393 e. The molecule has 1 saturated carbocycles. The molecule has 0 saturated heterocycles. The third-order valence-corrected chi connectivity index (χ3v) is 11.2. The first-order chi connectivity index (χ1) is 6.64. The first-order valence-electron chi connectivity index (χ1n) is 6.36. The van der Waals surface area contributed by atoms with Gasteiger partial charge in [0, 0.05) is 0 Å². The number of hydrogen-bond donors (Lipinski definition) is 1. The molecule has 0 unspecified atom stereocenters. The molecular weight excluding hydrogens is 188 g/mol. The van der Waals surface area contributed by atoms with Crippen LogP contribution >= 0.6 is 0 Å². The van der Waals surface area contributed by atoms with Gasteiger partial charge >= 0.3 is 0 Å². The molecule has 0 spiro atoms.